The highest BCUT2D eigenvalue weighted by atomic mass is 16.5. The van der Waals surface area contributed by atoms with E-state index >= 15 is 0 Å². The number of carbonyl (C=O) groups is 2. The van der Waals surface area contributed by atoms with Crippen LogP contribution in [0.5, 0.6) is 0 Å². The van der Waals surface area contributed by atoms with Crippen molar-refractivity contribution < 1.29 is 19.4 Å². The maximum absolute atomic E-state index is 11.6. The molecule has 102 valence electrons. The number of carboxylic acid groups (broad SMARTS) is 1. The van der Waals surface area contributed by atoms with Gasteiger partial charge in [0, 0.05) is 5.41 Å². The number of carbonyl (C=O) groups excluding carboxylic acids is 1. The Labute approximate surface area is 108 Å². The summed E-state index contributed by atoms with van der Waals surface area (Å²) in [6.45, 7) is 6.72. The molecule has 4 heteroatoms. The Morgan fingerprint density at radius 3 is 2.39 bits per heavy atom. The molecule has 2 aliphatic rings. The first-order chi connectivity index (χ1) is 8.27. The summed E-state index contributed by atoms with van der Waals surface area (Å²) in [5, 5.41) is 8.55. The van der Waals surface area contributed by atoms with Crippen LogP contribution in [0, 0.1) is 16.7 Å². The Kier molecular flexibility index (Phi) is 3.16. The van der Waals surface area contributed by atoms with Crippen molar-refractivity contribution >= 4 is 11.9 Å². The molecule has 0 saturated heterocycles. The van der Waals surface area contributed by atoms with Gasteiger partial charge in [-0.2, -0.15) is 0 Å². The first kappa shape index (κ1) is 13.4. The fourth-order valence-electron chi connectivity index (χ4n) is 3.74. The van der Waals surface area contributed by atoms with E-state index in [2.05, 4.69) is 20.8 Å². The van der Waals surface area contributed by atoms with Crippen molar-refractivity contribution in [1.82, 2.24) is 0 Å². The Balaban J connectivity index is 1.96. The van der Waals surface area contributed by atoms with Crippen molar-refractivity contribution in [2.24, 2.45) is 16.7 Å². The molecule has 0 aromatic rings. The van der Waals surface area contributed by atoms with Crippen LogP contribution in [0.25, 0.3) is 0 Å². The third-order valence-corrected chi connectivity index (χ3v) is 5.53. The molecule has 0 unspecified atom stereocenters. The topological polar surface area (TPSA) is 63.6 Å². The van der Waals surface area contributed by atoms with E-state index in [1.165, 1.54) is 6.42 Å². The molecular formula is C14H22O4. The molecule has 0 spiro atoms. The van der Waals surface area contributed by atoms with Gasteiger partial charge >= 0.3 is 11.9 Å². The number of fused-ring (bicyclic) bond motifs is 2. The van der Waals surface area contributed by atoms with Gasteiger partial charge in [-0.15, -0.1) is 0 Å². The maximum Gasteiger partial charge on any atom is 0.306 e. The zero-order valence-corrected chi connectivity index (χ0v) is 11.4. The average molecular weight is 254 g/mol. The second kappa shape index (κ2) is 4.25. The summed E-state index contributed by atoms with van der Waals surface area (Å²) >= 11 is 0. The Morgan fingerprint density at radius 1 is 1.28 bits per heavy atom. The molecule has 18 heavy (non-hydrogen) atoms. The molecule has 4 nitrogen and oxygen atoms in total. The standard InChI is InChI=1S/C14H22O4/c1-13(2)9-6-7-14(13,3)10(8-9)18-12(17)5-4-11(15)16/h9-10H,4-8H2,1-3H3,(H,15,16)/t9-,10-,14+/m0/s1. The third kappa shape index (κ3) is 1.91. The van der Waals surface area contributed by atoms with Crippen LogP contribution >= 0.6 is 0 Å². The van der Waals surface area contributed by atoms with Gasteiger partial charge in [0.1, 0.15) is 6.10 Å². The lowest BCUT2D eigenvalue weighted by Crippen LogP contribution is -2.38. The number of esters is 1. The highest BCUT2D eigenvalue weighted by Crippen LogP contribution is 2.66. The zero-order valence-electron chi connectivity index (χ0n) is 11.4. The fourth-order valence-corrected chi connectivity index (χ4v) is 3.74. The van der Waals surface area contributed by atoms with Crippen LogP contribution in [0.4, 0.5) is 0 Å². The van der Waals surface area contributed by atoms with E-state index in [0.29, 0.717) is 5.92 Å². The van der Waals surface area contributed by atoms with E-state index in [0.717, 1.165) is 12.8 Å². The van der Waals surface area contributed by atoms with Crippen LogP contribution in [0.1, 0.15) is 52.9 Å². The van der Waals surface area contributed by atoms with Crippen molar-refractivity contribution in [3.63, 3.8) is 0 Å². The molecule has 1 N–H and O–H groups in total. The minimum absolute atomic E-state index is 0.0208. The lowest BCUT2D eigenvalue weighted by molar-refractivity contribution is -0.158. The molecule has 0 aromatic carbocycles. The Bertz CT molecular complexity index is 374. The van der Waals surface area contributed by atoms with Gasteiger partial charge < -0.3 is 9.84 Å². The summed E-state index contributed by atoms with van der Waals surface area (Å²) in [4.78, 5) is 22.1. The van der Waals surface area contributed by atoms with E-state index in [9.17, 15) is 9.59 Å². The minimum atomic E-state index is -0.952. The van der Waals surface area contributed by atoms with E-state index < -0.39 is 5.97 Å². The summed E-state index contributed by atoms with van der Waals surface area (Å²) < 4.78 is 5.53. The van der Waals surface area contributed by atoms with E-state index in [-0.39, 0.29) is 35.7 Å². The van der Waals surface area contributed by atoms with Crippen LogP contribution < -0.4 is 0 Å². The molecule has 0 amide bonds. The summed E-state index contributed by atoms with van der Waals surface area (Å²) in [5.74, 6) is -0.696. The molecule has 0 aliphatic heterocycles. The van der Waals surface area contributed by atoms with Crippen LogP contribution in [-0.4, -0.2) is 23.1 Å². The van der Waals surface area contributed by atoms with Crippen LogP contribution in [0.2, 0.25) is 0 Å². The van der Waals surface area contributed by atoms with Gasteiger partial charge in [0.15, 0.2) is 0 Å². The second-order valence-electron chi connectivity index (χ2n) is 6.48. The van der Waals surface area contributed by atoms with E-state index in [4.69, 9.17) is 9.84 Å². The predicted molar refractivity (Wildman–Crippen MR) is 66.0 cm³/mol. The number of hydrogen-bond acceptors (Lipinski definition) is 3. The first-order valence-electron chi connectivity index (χ1n) is 6.68. The molecule has 2 aliphatic carbocycles. The summed E-state index contributed by atoms with van der Waals surface area (Å²) in [6.07, 6.45) is 3.05. The van der Waals surface area contributed by atoms with Gasteiger partial charge in [-0.1, -0.05) is 20.8 Å². The van der Waals surface area contributed by atoms with Gasteiger partial charge in [0.05, 0.1) is 12.8 Å². The molecule has 3 atom stereocenters. The molecule has 0 radical (unpaired) electrons. The molecule has 2 fully saturated rings. The van der Waals surface area contributed by atoms with Crippen LogP contribution in [0.15, 0.2) is 0 Å². The van der Waals surface area contributed by atoms with Crippen LogP contribution in [-0.2, 0) is 14.3 Å². The summed E-state index contributed by atoms with van der Waals surface area (Å²) in [6, 6.07) is 0. The van der Waals surface area contributed by atoms with Crippen molar-refractivity contribution in [2.75, 3.05) is 0 Å². The Hall–Kier alpha value is -1.06. The van der Waals surface area contributed by atoms with Gasteiger partial charge in [-0.05, 0) is 30.6 Å². The fraction of sp³-hybridized carbons (Fsp3) is 0.857. The molecule has 0 heterocycles. The molecule has 0 aromatic heterocycles. The molecular weight excluding hydrogens is 232 g/mol. The maximum atomic E-state index is 11.6. The monoisotopic (exact) mass is 254 g/mol. The smallest absolute Gasteiger partial charge is 0.306 e. The van der Waals surface area contributed by atoms with Crippen LogP contribution in [0.3, 0.4) is 0 Å². The Morgan fingerprint density at radius 2 is 1.94 bits per heavy atom. The van der Waals surface area contributed by atoms with Gasteiger partial charge in [0.25, 0.3) is 0 Å². The number of hydrogen-bond donors (Lipinski definition) is 1. The van der Waals surface area contributed by atoms with Crippen molar-refractivity contribution in [1.29, 1.82) is 0 Å². The highest BCUT2D eigenvalue weighted by molar-refractivity contribution is 5.76. The second-order valence-corrected chi connectivity index (χ2v) is 6.48. The average Bonchev–Trinajstić information content (AvgIpc) is 2.59. The number of ether oxygens (including phenoxy) is 1. The van der Waals surface area contributed by atoms with Gasteiger partial charge in [-0.25, -0.2) is 0 Å². The van der Waals surface area contributed by atoms with Crippen molar-refractivity contribution in [2.45, 2.75) is 59.0 Å². The number of aliphatic carboxylic acids is 1. The molecule has 2 rings (SSSR count). The normalized spacial score (nSPS) is 36.6. The largest absolute Gasteiger partial charge is 0.481 e. The third-order valence-electron chi connectivity index (χ3n) is 5.53. The number of rotatable bonds is 4. The van der Waals surface area contributed by atoms with Crippen molar-refractivity contribution in [3.05, 3.63) is 0 Å². The van der Waals surface area contributed by atoms with Gasteiger partial charge in [0.2, 0.25) is 0 Å². The number of carboxylic acids is 1. The summed E-state index contributed by atoms with van der Waals surface area (Å²) in [7, 11) is 0. The van der Waals surface area contributed by atoms with E-state index in [1.807, 2.05) is 0 Å². The zero-order chi connectivity index (χ0) is 13.6. The predicted octanol–water partition coefficient (Wildman–Crippen LogP) is 2.61. The quantitative estimate of drug-likeness (QED) is 0.783. The molecule has 2 bridgehead atoms. The lowest BCUT2D eigenvalue weighted by atomic mass is 9.70. The lowest BCUT2D eigenvalue weighted by Gasteiger charge is -2.38. The molecule has 2 saturated carbocycles. The highest BCUT2D eigenvalue weighted by Gasteiger charge is 2.62. The summed E-state index contributed by atoms with van der Waals surface area (Å²) in [5.41, 5.74) is 0.265. The SMILES string of the molecule is CC1(C)[C@H]2CC[C@]1(C)[C@@H](OC(=O)CCC(=O)O)C2. The van der Waals surface area contributed by atoms with Crippen molar-refractivity contribution in [3.8, 4) is 0 Å². The minimum Gasteiger partial charge on any atom is -0.481 e. The first-order valence-corrected chi connectivity index (χ1v) is 6.68. The van der Waals surface area contributed by atoms with Gasteiger partial charge in [-0.3, -0.25) is 9.59 Å². The van der Waals surface area contributed by atoms with E-state index in [1.54, 1.807) is 0 Å².